The number of hydrogen-bond acceptors (Lipinski definition) is 7. The predicted molar refractivity (Wildman–Crippen MR) is 78.0 cm³/mol. The molecule has 0 aliphatic heterocycles. The maximum atomic E-state index is 11.6. The fourth-order valence-corrected chi connectivity index (χ4v) is 1.60. The summed E-state index contributed by atoms with van der Waals surface area (Å²) in [7, 11) is -3.16. The maximum Gasteiger partial charge on any atom is 0.223 e. The molecule has 1 aromatic heterocycles. The van der Waals surface area contributed by atoms with Crippen LogP contribution >= 0.6 is 0 Å². The second kappa shape index (κ2) is 5.60. The van der Waals surface area contributed by atoms with Gasteiger partial charge in [-0.1, -0.05) is 0 Å². The molecule has 7 nitrogen and oxygen atoms in total. The summed E-state index contributed by atoms with van der Waals surface area (Å²) in [6.07, 6.45) is 1.22. The molecule has 19 heavy (non-hydrogen) atoms. The van der Waals surface area contributed by atoms with Gasteiger partial charge in [0, 0.05) is 25.4 Å². The molecule has 4 N–H and O–H groups in total. The summed E-state index contributed by atoms with van der Waals surface area (Å²) in [6.45, 7) is 6.22. The van der Waals surface area contributed by atoms with Crippen LogP contribution < -0.4 is 16.4 Å². The SMILES string of the molecule is CCNc1cc(NCC(C)(C)S(C)(=O)=O)nc(N)n1. The number of nitrogens with zero attached hydrogens (tertiary/aromatic N) is 2. The molecule has 0 unspecified atom stereocenters. The van der Waals surface area contributed by atoms with Crippen molar-refractivity contribution >= 4 is 27.4 Å². The number of hydrogen-bond donors (Lipinski definition) is 3. The molecule has 0 saturated carbocycles. The number of nitrogen functional groups attached to an aromatic ring is 1. The minimum atomic E-state index is -3.16. The lowest BCUT2D eigenvalue weighted by molar-refractivity contribution is 0.559. The minimum Gasteiger partial charge on any atom is -0.370 e. The van der Waals surface area contributed by atoms with E-state index in [2.05, 4.69) is 20.6 Å². The van der Waals surface area contributed by atoms with E-state index in [0.29, 0.717) is 18.2 Å². The number of aromatic nitrogens is 2. The smallest absolute Gasteiger partial charge is 0.223 e. The van der Waals surface area contributed by atoms with Gasteiger partial charge in [0.1, 0.15) is 11.6 Å². The van der Waals surface area contributed by atoms with Crippen molar-refractivity contribution in [3.8, 4) is 0 Å². The Morgan fingerprint density at radius 2 is 1.79 bits per heavy atom. The van der Waals surface area contributed by atoms with E-state index < -0.39 is 14.6 Å². The molecule has 1 rings (SSSR count). The first-order chi connectivity index (χ1) is 8.65. The Kier molecular flexibility index (Phi) is 4.56. The van der Waals surface area contributed by atoms with Gasteiger partial charge in [-0.2, -0.15) is 9.97 Å². The van der Waals surface area contributed by atoms with Crippen molar-refractivity contribution in [1.82, 2.24) is 9.97 Å². The quantitative estimate of drug-likeness (QED) is 0.707. The molecule has 1 aromatic rings. The molecule has 0 amide bonds. The third-order valence-electron chi connectivity index (χ3n) is 2.80. The van der Waals surface area contributed by atoms with Crippen molar-refractivity contribution in [3.05, 3.63) is 6.07 Å². The summed E-state index contributed by atoms with van der Waals surface area (Å²) in [5.74, 6) is 1.24. The second-order valence-corrected chi connectivity index (χ2v) is 7.56. The third-order valence-corrected chi connectivity index (χ3v) is 4.95. The van der Waals surface area contributed by atoms with Gasteiger partial charge < -0.3 is 16.4 Å². The van der Waals surface area contributed by atoms with Crippen molar-refractivity contribution in [2.45, 2.75) is 25.5 Å². The zero-order valence-corrected chi connectivity index (χ0v) is 12.5. The Labute approximate surface area is 113 Å². The molecular formula is C11H21N5O2S. The van der Waals surface area contributed by atoms with E-state index in [1.807, 2.05) is 6.92 Å². The summed E-state index contributed by atoms with van der Waals surface area (Å²) >= 11 is 0. The van der Waals surface area contributed by atoms with Gasteiger partial charge in [0.05, 0.1) is 4.75 Å². The van der Waals surface area contributed by atoms with Gasteiger partial charge in [-0.25, -0.2) is 8.42 Å². The summed E-state index contributed by atoms with van der Waals surface area (Å²) in [5, 5.41) is 6.01. The van der Waals surface area contributed by atoms with E-state index >= 15 is 0 Å². The fourth-order valence-electron chi connectivity index (χ4n) is 1.26. The highest BCUT2D eigenvalue weighted by Crippen LogP contribution is 2.18. The Bertz CT molecular complexity index is 542. The van der Waals surface area contributed by atoms with Crippen LogP contribution in [0.4, 0.5) is 17.6 Å². The van der Waals surface area contributed by atoms with E-state index in [1.165, 1.54) is 6.26 Å². The number of anilines is 3. The highest BCUT2D eigenvalue weighted by molar-refractivity contribution is 7.92. The van der Waals surface area contributed by atoms with Gasteiger partial charge >= 0.3 is 0 Å². The van der Waals surface area contributed by atoms with Crippen molar-refractivity contribution in [2.24, 2.45) is 0 Å². The van der Waals surface area contributed by atoms with Crippen LogP contribution in [-0.2, 0) is 9.84 Å². The number of nitrogens with one attached hydrogen (secondary N) is 2. The highest BCUT2D eigenvalue weighted by Gasteiger charge is 2.29. The maximum absolute atomic E-state index is 11.6. The van der Waals surface area contributed by atoms with E-state index in [1.54, 1.807) is 19.9 Å². The molecule has 0 atom stereocenters. The van der Waals surface area contributed by atoms with Crippen LogP contribution in [0.1, 0.15) is 20.8 Å². The first-order valence-electron chi connectivity index (χ1n) is 5.97. The van der Waals surface area contributed by atoms with Crippen LogP contribution in [0.5, 0.6) is 0 Å². The molecule has 0 aliphatic carbocycles. The molecule has 0 aromatic carbocycles. The molecule has 0 bridgehead atoms. The van der Waals surface area contributed by atoms with E-state index in [-0.39, 0.29) is 12.5 Å². The zero-order valence-electron chi connectivity index (χ0n) is 11.7. The van der Waals surface area contributed by atoms with Gasteiger partial charge in [-0.15, -0.1) is 0 Å². The number of sulfone groups is 1. The third kappa shape index (κ3) is 4.23. The largest absolute Gasteiger partial charge is 0.370 e. The lowest BCUT2D eigenvalue weighted by Crippen LogP contribution is -2.38. The van der Waals surface area contributed by atoms with E-state index in [4.69, 9.17) is 5.73 Å². The number of nitrogens with two attached hydrogens (primary N) is 1. The number of rotatable bonds is 6. The average molecular weight is 287 g/mol. The minimum absolute atomic E-state index is 0.137. The van der Waals surface area contributed by atoms with E-state index in [0.717, 1.165) is 0 Å². The van der Waals surface area contributed by atoms with Gasteiger partial charge in [-0.3, -0.25) is 0 Å². The predicted octanol–water partition coefficient (Wildman–Crippen LogP) is 0.726. The Morgan fingerprint density at radius 3 is 2.26 bits per heavy atom. The lowest BCUT2D eigenvalue weighted by atomic mass is 10.2. The zero-order chi connectivity index (χ0) is 14.7. The fraction of sp³-hybridized carbons (Fsp3) is 0.636. The normalized spacial score (nSPS) is 12.2. The monoisotopic (exact) mass is 287 g/mol. The molecule has 0 radical (unpaired) electrons. The molecule has 0 aliphatic rings. The molecule has 1 heterocycles. The highest BCUT2D eigenvalue weighted by atomic mass is 32.2. The van der Waals surface area contributed by atoms with Gasteiger partial charge in [0.15, 0.2) is 9.84 Å². The molecule has 0 fully saturated rings. The standard InChI is InChI=1S/C11H21N5O2S/c1-5-13-8-6-9(16-10(12)15-8)14-7-11(2,3)19(4,17)18/h6H,5,7H2,1-4H3,(H4,12,13,14,15,16). The van der Waals surface area contributed by atoms with Gasteiger partial charge in [0.25, 0.3) is 0 Å². The van der Waals surface area contributed by atoms with Crippen molar-refractivity contribution in [1.29, 1.82) is 0 Å². The Morgan fingerprint density at radius 1 is 1.26 bits per heavy atom. The second-order valence-electron chi connectivity index (χ2n) is 4.91. The van der Waals surface area contributed by atoms with Crippen LogP contribution in [0, 0.1) is 0 Å². The lowest BCUT2D eigenvalue weighted by Gasteiger charge is -2.23. The Balaban J connectivity index is 2.83. The summed E-state index contributed by atoms with van der Waals surface area (Å²) in [4.78, 5) is 8.04. The molecule has 8 heteroatoms. The summed E-state index contributed by atoms with van der Waals surface area (Å²) in [6, 6.07) is 1.69. The summed E-state index contributed by atoms with van der Waals surface area (Å²) < 4.78 is 22.3. The van der Waals surface area contributed by atoms with Crippen molar-refractivity contribution in [3.63, 3.8) is 0 Å². The first kappa shape index (κ1) is 15.5. The topological polar surface area (TPSA) is 110 Å². The van der Waals surface area contributed by atoms with Crippen LogP contribution in [0.3, 0.4) is 0 Å². The molecule has 0 saturated heterocycles. The van der Waals surface area contributed by atoms with Crippen LogP contribution in [0.25, 0.3) is 0 Å². The molecular weight excluding hydrogens is 266 g/mol. The molecule has 0 spiro atoms. The summed E-state index contributed by atoms with van der Waals surface area (Å²) in [5.41, 5.74) is 5.59. The van der Waals surface area contributed by atoms with Crippen molar-refractivity contribution < 1.29 is 8.42 Å². The van der Waals surface area contributed by atoms with Crippen LogP contribution in [0.2, 0.25) is 0 Å². The first-order valence-corrected chi connectivity index (χ1v) is 7.87. The van der Waals surface area contributed by atoms with Crippen molar-refractivity contribution in [2.75, 3.05) is 35.7 Å². The van der Waals surface area contributed by atoms with E-state index in [9.17, 15) is 8.42 Å². The van der Waals surface area contributed by atoms with Crippen LogP contribution in [-0.4, -0.2) is 42.5 Å². The Hall–Kier alpha value is -1.57. The van der Waals surface area contributed by atoms with Gasteiger partial charge in [0.2, 0.25) is 5.95 Å². The van der Waals surface area contributed by atoms with Gasteiger partial charge in [-0.05, 0) is 20.8 Å². The average Bonchev–Trinajstić information content (AvgIpc) is 2.25. The van der Waals surface area contributed by atoms with Crippen LogP contribution in [0.15, 0.2) is 6.07 Å². The molecule has 108 valence electrons.